The first-order valence-electron chi connectivity index (χ1n) is 11.6. The van der Waals surface area contributed by atoms with E-state index in [0.29, 0.717) is 36.2 Å². The average Bonchev–Trinajstić information content (AvgIpc) is 2.87. The van der Waals surface area contributed by atoms with Crippen LogP contribution in [0.4, 0.5) is 0 Å². The second-order valence-electron chi connectivity index (χ2n) is 8.19. The molecular weight excluding hydrogens is 442 g/mol. The molecule has 2 amide bonds. The Morgan fingerprint density at radius 2 is 1.63 bits per heavy atom. The third kappa shape index (κ3) is 7.99. The number of benzene rings is 3. The molecule has 7 nitrogen and oxygen atoms in total. The molecular formula is C28H31N3O4. The predicted molar refractivity (Wildman–Crippen MR) is 136 cm³/mol. The summed E-state index contributed by atoms with van der Waals surface area (Å²) in [4.78, 5) is 24.1. The summed E-state index contributed by atoms with van der Waals surface area (Å²) in [5.74, 6) is 0.0187. The third-order valence-electron chi connectivity index (χ3n) is 5.19. The Balaban J connectivity index is 1.52. The number of carbonyl (C=O) groups excluding carboxylic acids is 2. The van der Waals surface area contributed by atoms with Gasteiger partial charge in [0.05, 0.1) is 12.8 Å². The maximum atomic E-state index is 12.1. The van der Waals surface area contributed by atoms with E-state index >= 15 is 0 Å². The minimum absolute atomic E-state index is 0.260. The van der Waals surface area contributed by atoms with Gasteiger partial charge < -0.3 is 14.8 Å². The number of ether oxygens (including phenoxy) is 2. The Morgan fingerprint density at radius 3 is 2.31 bits per heavy atom. The topological polar surface area (TPSA) is 89.0 Å². The van der Waals surface area contributed by atoms with Gasteiger partial charge in [-0.3, -0.25) is 9.59 Å². The number of rotatable bonds is 10. The highest BCUT2D eigenvalue weighted by Gasteiger charge is 2.12. The number of nitrogens with zero attached hydrogens (tertiary/aromatic N) is 1. The van der Waals surface area contributed by atoms with Gasteiger partial charge in [0.15, 0.2) is 11.5 Å². The van der Waals surface area contributed by atoms with Gasteiger partial charge in [-0.25, -0.2) is 5.43 Å². The molecule has 0 heterocycles. The molecule has 0 atom stereocenters. The number of nitrogens with one attached hydrogen (secondary N) is 2. The summed E-state index contributed by atoms with van der Waals surface area (Å²) in [7, 11) is 0. The Labute approximate surface area is 206 Å². The summed E-state index contributed by atoms with van der Waals surface area (Å²) in [6.07, 6.45) is 1.44. The number of amides is 2. The van der Waals surface area contributed by atoms with Crippen molar-refractivity contribution in [3.05, 3.63) is 95.1 Å². The van der Waals surface area contributed by atoms with Crippen molar-refractivity contribution in [2.24, 2.45) is 5.10 Å². The molecule has 0 spiro atoms. The molecule has 3 aromatic carbocycles. The van der Waals surface area contributed by atoms with E-state index in [4.69, 9.17) is 9.47 Å². The highest BCUT2D eigenvalue weighted by molar-refractivity contribution is 6.35. The third-order valence-corrected chi connectivity index (χ3v) is 5.19. The van der Waals surface area contributed by atoms with Crippen molar-refractivity contribution >= 4 is 18.0 Å². The summed E-state index contributed by atoms with van der Waals surface area (Å²) < 4.78 is 11.6. The van der Waals surface area contributed by atoms with Gasteiger partial charge in [-0.05, 0) is 53.3 Å². The summed E-state index contributed by atoms with van der Waals surface area (Å²) >= 11 is 0. The van der Waals surface area contributed by atoms with Crippen LogP contribution in [0.1, 0.15) is 48.9 Å². The highest BCUT2D eigenvalue weighted by Crippen LogP contribution is 2.29. The lowest BCUT2D eigenvalue weighted by Crippen LogP contribution is -2.37. The molecule has 0 aliphatic carbocycles. The summed E-state index contributed by atoms with van der Waals surface area (Å²) in [5, 5.41) is 6.49. The molecule has 0 aromatic heterocycles. The number of carbonyl (C=O) groups is 2. The fourth-order valence-corrected chi connectivity index (χ4v) is 3.23. The molecule has 0 unspecified atom stereocenters. The lowest BCUT2D eigenvalue weighted by Gasteiger charge is -2.12. The Hall–Kier alpha value is -4.13. The van der Waals surface area contributed by atoms with Gasteiger partial charge in [-0.2, -0.15) is 5.10 Å². The summed E-state index contributed by atoms with van der Waals surface area (Å²) in [5.41, 5.74) is 6.12. The van der Waals surface area contributed by atoms with Crippen LogP contribution in [-0.2, 0) is 22.7 Å². The Kier molecular flexibility index (Phi) is 9.42. The van der Waals surface area contributed by atoms with Gasteiger partial charge >= 0.3 is 11.8 Å². The van der Waals surface area contributed by atoms with E-state index < -0.39 is 11.8 Å². The van der Waals surface area contributed by atoms with Gasteiger partial charge in [0, 0.05) is 6.54 Å². The van der Waals surface area contributed by atoms with E-state index in [-0.39, 0.29) is 6.54 Å². The quantitative estimate of drug-likeness (QED) is 0.257. The second kappa shape index (κ2) is 12.9. The molecule has 3 aromatic rings. The zero-order valence-electron chi connectivity index (χ0n) is 20.3. The second-order valence-corrected chi connectivity index (χ2v) is 8.19. The van der Waals surface area contributed by atoms with Crippen molar-refractivity contribution in [2.45, 2.75) is 39.8 Å². The monoisotopic (exact) mass is 473 g/mol. The van der Waals surface area contributed by atoms with Gasteiger partial charge in [0.2, 0.25) is 0 Å². The minimum Gasteiger partial charge on any atom is -0.490 e. The molecule has 182 valence electrons. The van der Waals surface area contributed by atoms with E-state index in [1.54, 1.807) is 18.2 Å². The molecule has 35 heavy (non-hydrogen) atoms. The van der Waals surface area contributed by atoms with Crippen molar-refractivity contribution in [2.75, 3.05) is 6.61 Å². The van der Waals surface area contributed by atoms with Crippen LogP contribution in [0.3, 0.4) is 0 Å². The van der Waals surface area contributed by atoms with Gasteiger partial charge in [-0.15, -0.1) is 0 Å². The van der Waals surface area contributed by atoms with Crippen LogP contribution >= 0.6 is 0 Å². The van der Waals surface area contributed by atoms with Crippen LogP contribution in [0.5, 0.6) is 11.5 Å². The van der Waals surface area contributed by atoms with Gasteiger partial charge in [-0.1, -0.05) is 68.4 Å². The highest BCUT2D eigenvalue weighted by atomic mass is 16.5. The first kappa shape index (κ1) is 25.5. The maximum Gasteiger partial charge on any atom is 0.329 e. The number of hydrogen-bond donors (Lipinski definition) is 2. The zero-order chi connectivity index (χ0) is 25.0. The molecule has 0 radical (unpaired) electrons. The fraction of sp³-hybridized carbons (Fsp3) is 0.250. The molecule has 3 rings (SSSR count). The van der Waals surface area contributed by atoms with Crippen LogP contribution in [0.2, 0.25) is 0 Å². The zero-order valence-corrected chi connectivity index (χ0v) is 20.3. The van der Waals surface area contributed by atoms with Crippen molar-refractivity contribution in [1.29, 1.82) is 0 Å². The van der Waals surface area contributed by atoms with E-state index in [9.17, 15) is 9.59 Å². The maximum absolute atomic E-state index is 12.1. The summed E-state index contributed by atoms with van der Waals surface area (Å²) in [6.45, 7) is 7.28. The molecule has 2 N–H and O–H groups in total. The average molecular weight is 474 g/mol. The number of hydrazone groups is 1. The fourth-order valence-electron chi connectivity index (χ4n) is 3.23. The largest absolute Gasteiger partial charge is 0.490 e. The first-order valence-corrected chi connectivity index (χ1v) is 11.6. The van der Waals surface area contributed by atoms with Crippen LogP contribution in [0.25, 0.3) is 0 Å². The van der Waals surface area contributed by atoms with Crippen LogP contribution in [0, 0.1) is 0 Å². The minimum atomic E-state index is -0.840. The van der Waals surface area contributed by atoms with E-state index in [1.165, 1.54) is 11.8 Å². The molecule has 0 aliphatic heterocycles. The Morgan fingerprint density at radius 1 is 0.886 bits per heavy atom. The Bertz CT molecular complexity index is 1140. The molecule has 0 saturated heterocycles. The molecule has 0 saturated carbocycles. The van der Waals surface area contributed by atoms with E-state index in [1.807, 2.05) is 61.5 Å². The van der Waals surface area contributed by atoms with Crippen molar-refractivity contribution in [3.8, 4) is 11.5 Å². The van der Waals surface area contributed by atoms with Gasteiger partial charge in [0.25, 0.3) is 0 Å². The van der Waals surface area contributed by atoms with E-state index in [0.717, 1.165) is 11.1 Å². The number of hydrogen-bond acceptors (Lipinski definition) is 5. The lowest BCUT2D eigenvalue weighted by molar-refractivity contribution is -0.139. The first-order chi connectivity index (χ1) is 17.0. The molecule has 0 bridgehead atoms. The molecule has 0 aliphatic rings. The SMILES string of the molecule is CCOc1cc(/C=N\NC(=O)C(=O)NCc2ccc(C(C)C)cc2)ccc1OCc1ccccc1. The standard InChI is InChI=1S/C28H31N3O4/c1-4-34-26-16-23(12-15-25(26)35-19-22-8-6-5-7-9-22)18-30-31-28(33)27(32)29-17-21-10-13-24(14-11-21)20(2)3/h5-16,18,20H,4,17,19H2,1-3H3,(H,29,32)(H,31,33)/b30-18-. The normalized spacial score (nSPS) is 10.9. The lowest BCUT2D eigenvalue weighted by atomic mass is 10.0. The van der Waals surface area contributed by atoms with Crippen LogP contribution in [0.15, 0.2) is 77.9 Å². The van der Waals surface area contributed by atoms with Crippen molar-refractivity contribution < 1.29 is 19.1 Å². The van der Waals surface area contributed by atoms with Crippen molar-refractivity contribution in [3.63, 3.8) is 0 Å². The van der Waals surface area contributed by atoms with Crippen LogP contribution < -0.4 is 20.2 Å². The predicted octanol–water partition coefficient (Wildman–Crippen LogP) is 4.55. The smallest absolute Gasteiger partial charge is 0.329 e. The van der Waals surface area contributed by atoms with E-state index in [2.05, 4.69) is 29.7 Å². The molecule has 7 heteroatoms. The molecule has 0 fully saturated rings. The summed E-state index contributed by atoms with van der Waals surface area (Å²) in [6, 6.07) is 23.1. The van der Waals surface area contributed by atoms with Crippen LogP contribution in [-0.4, -0.2) is 24.6 Å². The van der Waals surface area contributed by atoms with Gasteiger partial charge in [0.1, 0.15) is 6.61 Å². The van der Waals surface area contributed by atoms with Crippen molar-refractivity contribution in [1.82, 2.24) is 10.7 Å².